The van der Waals surface area contributed by atoms with Gasteiger partial charge in [-0.15, -0.1) is 11.3 Å². The molecule has 0 atom stereocenters. The summed E-state index contributed by atoms with van der Waals surface area (Å²) >= 11 is 1.48. The highest BCUT2D eigenvalue weighted by atomic mass is 32.1. The minimum atomic E-state index is -2.68. The van der Waals surface area contributed by atoms with Crippen molar-refractivity contribution in [2.75, 3.05) is 5.32 Å². The second-order valence-electron chi connectivity index (χ2n) is 5.90. The second kappa shape index (κ2) is 5.62. The van der Waals surface area contributed by atoms with E-state index in [-0.39, 0.29) is 22.8 Å². The zero-order valence-electron chi connectivity index (χ0n) is 12.8. The molecule has 1 aliphatic carbocycles. The summed E-state index contributed by atoms with van der Waals surface area (Å²) in [5.41, 5.74) is 2.42. The fraction of sp³-hybridized carbons (Fsp3) is 0.312. The largest absolute Gasteiger partial charge is 0.321 e. The zero-order valence-corrected chi connectivity index (χ0v) is 13.6. The lowest BCUT2D eigenvalue weighted by atomic mass is 10.2. The van der Waals surface area contributed by atoms with E-state index in [4.69, 9.17) is 0 Å². The van der Waals surface area contributed by atoms with Crippen LogP contribution >= 0.6 is 11.3 Å². The highest BCUT2D eigenvalue weighted by Crippen LogP contribution is 2.40. The van der Waals surface area contributed by atoms with Gasteiger partial charge >= 0.3 is 0 Å². The van der Waals surface area contributed by atoms with E-state index in [0.29, 0.717) is 11.4 Å². The normalized spacial score (nSPS) is 14.5. The number of rotatable bonds is 4. The molecule has 0 unspecified atom stereocenters. The van der Waals surface area contributed by atoms with Gasteiger partial charge in [0.05, 0.1) is 11.9 Å². The SMILES string of the molecule is Cc1cscc1NC(=O)c1cnn2c(C(F)F)cc(C3CC3)nc12. The molecule has 1 saturated carbocycles. The lowest BCUT2D eigenvalue weighted by molar-refractivity contribution is 0.102. The third-order valence-corrected chi connectivity index (χ3v) is 4.95. The number of hydrogen-bond donors (Lipinski definition) is 1. The average Bonchev–Trinajstić information content (AvgIpc) is 3.20. The summed E-state index contributed by atoms with van der Waals surface area (Å²) in [5.74, 6) is -0.190. The fourth-order valence-electron chi connectivity index (χ4n) is 2.59. The number of nitrogens with zero attached hydrogens (tertiary/aromatic N) is 3. The molecule has 0 spiro atoms. The molecule has 8 heteroatoms. The quantitative estimate of drug-likeness (QED) is 0.770. The first-order chi connectivity index (χ1) is 11.5. The van der Waals surface area contributed by atoms with Crippen molar-refractivity contribution in [2.45, 2.75) is 32.1 Å². The number of nitrogens with one attached hydrogen (secondary N) is 1. The first-order valence-corrected chi connectivity index (χ1v) is 8.49. The molecule has 124 valence electrons. The van der Waals surface area contributed by atoms with Crippen LogP contribution in [0.25, 0.3) is 5.65 Å². The topological polar surface area (TPSA) is 59.3 Å². The molecule has 1 aliphatic rings. The van der Waals surface area contributed by atoms with Gasteiger partial charge in [-0.2, -0.15) is 5.10 Å². The lowest BCUT2D eigenvalue weighted by Crippen LogP contribution is -2.13. The van der Waals surface area contributed by atoms with Crippen molar-refractivity contribution < 1.29 is 13.6 Å². The average molecular weight is 348 g/mol. The number of carbonyl (C=O) groups is 1. The molecule has 0 bridgehead atoms. The molecular formula is C16H14F2N4OS. The van der Waals surface area contributed by atoms with E-state index in [1.165, 1.54) is 23.6 Å². The number of halogens is 2. The number of alkyl halides is 2. The van der Waals surface area contributed by atoms with E-state index in [9.17, 15) is 13.6 Å². The number of carbonyl (C=O) groups excluding carboxylic acids is 1. The Morgan fingerprint density at radius 3 is 2.83 bits per heavy atom. The Morgan fingerprint density at radius 1 is 1.42 bits per heavy atom. The number of amides is 1. The van der Waals surface area contributed by atoms with E-state index in [0.717, 1.165) is 22.9 Å². The van der Waals surface area contributed by atoms with Gasteiger partial charge in [-0.3, -0.25) is 4.79 Å². The van der Waals surface area contributed by atoms with Crippen LogP contribution < -0.4 is 5.32 Å². The maximum absolute atomic E-state index is 13.3. The summed E-state index contributed by atoms with van der Waals surface area (Å²) in [4.78, 5) is 17.0. The number of aryl methyl sites for hydroxylation is 1. The molecule has 3 aromatic heterocycles. The highest BCUT2D eigenvalue weighted by molar-refractivity contribution is 7.08. The number of fused-ring (bicyclic) bond motifs is 1. The van der Waals surface area contributed by atoms with E-state index < -0.39 is 12.3 Å². The monoisotopic (exact) mass is 348 g/mol. The standard InChI is InChI=1S/C16H14F2N4OS/c1-8-6-24-7-12(8)21-16(23)10-5-19-22-13(14(17)18)4-11(9-2-3-9)20-15(10)22/h4-7,9,14H,2-3H2,1H3,(H,21,23). The van der Waals surface area contributed by atoms with Crippen LogP contribution in [0, 0.1) is 6.92 Å². The van der Waals surface area contributed by atoms with E-state index in [2.05, 4.69) is 15.4 Å². The number of anilines is 1. The smallest absolute Gasteiger partial charge is 0.280 e. The molecule has 0 radical (unpaired) electrons. The Balaban J connectivity index is 1.78. The molecule has 0 aliphatic heterocycles. The Morgan fingerprint density at radius 2 is 2.21 bits per heavy atom. The van der Waals surface area contributed by atoms with Crippen LogP contribution in [-0.4, -0.2) is 20.5 Å². The van der Waals surface area contributed by atoms with Crippen LogP contribution in [0.4, 0.5) is 14.5 Å². The first kappa shape index (κ1) is 15.2. The van der Waals surface area contributed by atoms with Crippen molar-refractivity contribution >= 4 is 28.6 Å². The van der Waals surface area contributed by atoms with Crippen molar-refractivity contribution in [1.82, 2.24) is 14.6 Å². The minimum Gasteiger partial charge on any atom is -0.321 e. The number of aromatic nitrogens is 3. The molecule has 1 N–H and O–H groups in total. The van der Waals surface area contributed by atoms with Gasteiger partial charge in [-0.25, -0.2) is 18.3 Å². The Bertz CT molecular complexity index is 929. The van der Waals surface area contributed by atoms with Crippen LogP contribution in [0.15, 0.2) is 23.0 Å². The van der Waals surface area contributed by atoms with Crippen LogP contribution in [-0.2, 0) is 0 Å². The van der Waals surface area contributed by atoms with E-state index >= 15 is 0 Å². The molecular weight excluding hydrogens is 334 g/mol. The van der Waals surface area contributed by atoms with Gasteiger partial charge in [-0.1, -0.05) is 0 Å². The van der Waals surface area contributed by atoms with E-state index in [1.807, 2.05) is 17.7 Å². The number of thiophene rings is 1. The van der Waals surface area contributed by atoms with Crippen molar-refractivity contribution in [3.05, 3.63) is 45.5 Å². The van der Waals surface area contributed by atoms with Crippen molar-refractivity contribution in [3.8, 4) is 0 Å². The highest BCUT2D eigenvalue weighted by Gasteiger charge is 2.29. The molecule has 3 heterocycles. The predicted octanol–water partition coefficient (Wildman–Crippen LogP) is 4.17. The summed E-state index contributed by atoms with van der Waals surface area (Å²) in [6.45, 7) is 1.89. The third-order valence-electron chi connectivity index (χ3n) is 4.09. The molecule has 0 aromatic carbocycles. The zero-order chi connectivity index (χ0) is 16.8. The Labute approximate surface area is 140 Å². The summed E-state index contributed by atoms with van der Waals surface area (Å²) in [5, 5.41) is 10.5. The van der Waals surface area contributed by atoms with Gasteiger partial charge in [-0.05, 0) is 36.8 Å². The van der Waals surface area contributed by atoms with Crippen LogP contribution in [0.2, 0.25) is 0 Å². The first-order valence-electron chi connectivity index (χ1n) is 7.55. The molecule has 24 heavy (non-hydrogen) atoms. The predicted molar refractivity (Wildman–Crippen MR) is 86.9 cm³/mol. The van der Waals surface area contributed by atoms with Crippen molar-refractivity contribution in [2.24, 2.45) is 0 Å². The summed E-state index contributed by atoms with van der Waals surface area (Å²) in [6, 6.07) is 1.40. The molecule has 3 aromatic rings. The second-order valence-corrected chi connectivity index (χ2v) is 6.64. The van der Waals surface area contributed by atoms with Crippen molar-refractivity contribution in [3.63, 3.8) is 0 Å². The number of hydrogen-bond acceptors (Lipinski definition) is 4. The maximum Gasteiger partial charge on any atom is 0.280 e. The van der Waals surface area contributed by atoms with E-state index in [1.54, 1.807) is 0 Å². The molecule has 0 saturated heterocycles. The summed E-state index contributed by atoms with van der Waals surface area (Å²) in [6.07, 6.45) is 0.496. The van der Waals surface area contributed by atoms with Gasteiger partial charge < -0.3 is 5.32 Å². The molecule has 1 amide bonds. The lowest BCUT2D eigenvalue weighted by Gasteiger charge is -2.08. The Hall–Kier alpha value is -2.35. The van der Waals surface area contributed by atoms with Crippen LogP contribution in [0.3, 0.4) is 0 Å². The van der Waals surface area contributed by atoms with Gasteiger partial charge in [0.25, 0.3) is 12.3 Å². The summed E-state index contributed by atoms with van der Waals surface area (Å²) in [7, 11) is 0. The summed E-state index contributed by atoms with van der Waals surface area (Å²) < 4.78 is 27.7. The van der Waals surface area contributed by atoms with Crippen LogP contribution in [0.5, 0.6) is 0 Å². The molecule has 1 fully saturated rings. The third kappa shape index (κ3) is 2.56. The fourth-order valence-corrected chi connectivity index (χ4v) is 3.37. The van der Waals surface area contributed by atoms with Gasteiger partial charge in [0.15, 0.2) is 5.65 Å². The minimum absolute atomic E-state index is 0.181. The van der Waals surface area contributed by atoms with Gasteiger partial charge in [0, 0.05) is 17.0 Å². The van der Waals surface area contributed by atoms with Crippen molar-refractivity contribution in [1.29, 1.82) is 0 Å². The van der Waals surface area contributed by atoms with Crippen LogP contribution in [0.1, 0.15) is 52.5 Å². The van der Waals surface area contributed by atoms with Gasteiger partial charge in [0.1, 0.15) is 11.3 Å². The van der Waals surface area contributed by atoms with Gasteiger partial charge in [0.2, 0.25) is 0 Å². The molecule has 4 rings (SSSR count). The maximum atomic E-state index is 13.3. The molecule has 5 nitrogen and oxygen atoms in total. The Kier molecular flexibility index (Phi) is 3.56.